The van der Waals surface area contributed by atoms with Crippen molar-refractivity contribution in [1.29, 1.82) is 0 Å². The molecular weight excluding hydrogens is 400 g/mol. The van der Waals surface area contributed by atoms with Crippen molar-refractivity contribution in [3.8, 4) is 0 Å². The highest BCUT2D eigenvalue weighted by Gasteiger charge is 2.25. The quantitative estimate of drug-likeness (QED) is 0.565. The Morgan fingerprint density at radius 2 is 2.07 bits per heavy atom. The molecule has 30 heavy (non-hydrogen) atoms. The lowest BCUT2D eigenvalue weighted by molar-refractivity contribution is -0.912. The molecule has 2 aromatic rings. The summed E-state index contributed by atoms with van der Waals surface area (Å²) in [6, 6.07) is 5.83. The summed E-state index contributed by atoms with van der Waals surface area (Å²) in [6.07, 6.45) is 7.49. The number of Topliss-reactive ketones (excluding diaryl/α,β-unsaturated/α-hetero) is 1. The number of aliphatic imine (C=N–C) groups is 1. The number of nitrogens with one attached hydrogen (secondary N) is 1. The molecule has 0 aromatic carbocycles. The van der Waals surface area contributed by atoms with Crippen LogP contribution < -0.4 is 11.1 Å². The highest BCUT2D eigenvalue weighted by Crippen LogP contribution is 2.32. The number of ketones is 1. The van der Waals surface area contributed by atoms with E-state index in [-0.39, 0.29) is 16.5 Å². The minimum absolute atomic E-state index is 0.0160. The molecular formula is C22H28ClN6O+. The van der Waals surface area contributed by atoms with Crippen LogP contribution in [0.5, 0.6) is 0 Å². The summed E-state index contributed by atoms with van der Waals surface area (Å²) in [4.78, 5) is 16.8. The number of hydrogen-bond donors (Lipinski definition) is 2. The largest absolute Gasteiger partial charge is 0.396 e. The molecule has 0 spiro atoms. The molecule has 4 rings (SSSR count). The lowest BCUT2D eigenvalue weighted by atomic mass is 10.0. The number of likely N-dealkylation sites (tertiary alicyclic amines) is 1. The summed E-state index contributed by atoms with van der Waals surface area (Å²) in [6.45, 7) is 5.99. The first kappa shape index (κ1) is 20.6. The molecule has 2 aliphatic rings. The third-order valence-corrected chi connectivity index (χ3v) is 6.38. The Morgan fingerprint density at radius 1 is 1.30 bits per heavy atom. The molecule has 1 aliphatic carbocycles. The van der Waals surface area contributed by atoms with Crippen molar-refractivity contribution >= 4 is 40.1 Å². The second kappa shape index (κ2) is 8.24. The van der Waals surface area contributed by atoms with Gasteiger partial charge in [0.2, 0.25) is 5.78 Å². The van der Waals surface area contributed by atoms with Crippen LogP contribution in [0.15, 0.2) is 51.8 Å². The number of nitrogens with zero attached hydrogens (tertiary/aromatic N) is 4. The Hall–Kier alpha value is -2.64. The van der Waals surface area contributed by atoms with Crippen LogP contribution in [-0.2, 0) is 4.79 Å². The van der Waals surface area contributed by atoms with Gasteiger partial charge >= 0.3 is 0 Å². The average molecular weight is 428 g/mol. The van der Waals surface area contributed by atoms with Gasteiger partial charge in [0.05, 0.1) is 50.2 Å². The van der Waals surface area contributed by atoms with Crippen LogP contribution in [0.25, 0.3) is 5.52 Å². The molecule has 158 valence electrons. The smallest absolute Gasteiger partial charge is 0.202 e. The topological polar surface area (TPSA) is 84.8 Å². The molecule has 1 fully saturated rings. The van der Waals surface area contributed by atoms with Crippen LogP contribution >= 0.6 is 11.6 Å². The van der Waals surface area contributed by atoms with Gasteiger partial charge in [-0.15, -0.1) is 5.10 Å². The van der Waals surface area contributed by atoms with Crippen molar-refractivity contribution in [2.24, 2.45) is 10.7 Å². The number of quaternary nitrogens is 1. The summed E-state index contributed by atoms with van der Waals surface area (Å²) in [5, 5.41) is 8.17. The van der Waals surface area contributed by atoms with Gasteiger partial charge in [0.25, 0.3) is 0 Å². The third kappa shape index (κ3) is 4.00. The summed E-state index contributed by atoms with van der Waals surface area (Å²) >= 11 is 6.14. The number of aromatic nitrogens is 2. The molecule has 2 aromatic heterocycles. The number of pyridine rings is 1. The Bertz CT molecular complexity index is 1070. The third-order valence-electron chi connectivity index (χ3n) is 6.01. The number of carbonyl (C=O) groups excluding carboxylic acids is 1. The van der Waals surface area contributed by atoms with Crippen LogP contribution in [-0.4, -0.2) is 58.8 Å². The van der Waals surface area contributed by atoms with Gasteiger partial charge in [0, 0.05) is 11.8 Å². The van der Waals surface area contributed by atoms with Gasteiger partial charge in [-0.2, -0.15) is 0 Å². The number of allylic oxidation sites excluding steroid dienone is 3. The molecule has 0 bridgehead atoms. The minimum Gasteiger partial charge on any atom is -0.396 e. The van der Waals surface area contributed by atoms with Gasteiger partial charge in [0.1, 0.15) is 10.7 Å². The number of carbonyl (C=O) groups is 1. The van der Waals surface area contributed by atoms with Crippen molar-refractivity contribution in [1.82, 2.24) is 9.61 Å². The van der Waals surface area contributed by atoms with Gasteiger partial charge in [-0.05, 0) is 44.4 Å². The Kier molecular flexibility index (Phi) is 5.66. The van der Waals surface area contributed by atoms with Gasteiger partial charge in [-0.25, -0.2) is 9.51 Å². The Morgan fingerprint density at radius 3 is 2.83 bits per heavy atom. The fourth-order valence-corrected chi connectivity index (χ4v) is 4.37. The number of likely N-dealkylation sites (N-methyl/N-ethyl adjacent to an activating group) is 1. The zero-order valence-electron chi connectivity index (χ0n) is 17.5. The van der Waals surface area contributed by atoms with E-state index in [0.717, 1.165) is 23.1 Å². The zero-order valence-corrected chi connectivity index (χ0v) is 18.2. The van der Waals surface area contributed by atoms with Crippen LogP contribution in [0.3, 0.4) is 0 Å². The Balaban J connectivity index is 1.65. The lowest BCUT2D eigenvalue weighted by Gasteiger charge is -2.37. The van der Waals surface area contributed by atoms with E-state index in [2.05, 4.69) is 17.5 Å². The number of hydrogen-bond acceptors (Lipinski definition) is 5. The van der Waals surface area contributed by atoms with E-state index in [1.807, 2.05) is 24.4 Å². The number of fused-ring (bicyclic) bond motifs is 1. The van der Waals surface area contributed by atoms with Crippen molar-refractivity contribution in [2.75, 3.05) is 38.5 Å². The van der Waals surface area contributed by atoms with Crippen LogP contribution in [0.4, 0.5) is 11.5 Å². The first-order valence-corrected chi connectivity index (χ1v) is 10.8. The second-order valence-electron chi connectivity index (χ2n) is 8.39. The van der Waals surface area contributed by atoms with E-state index in [0.29, 0.717) is 22.8 Å². The van der Waals surface area contributed by atoms with Gasteiger partial charge in [0.15, 0.2) is 5.82 Å². The van der Waals surface area contributed by atoms with Crippen molar-refractivity contribution in [3.63, 3.8) is 0 Å². The lowest BCUT2D eigenvalue weighted by Crippen LogP contribution is -2.50. The first-order chi connectivity index (χ1) is 14.4. The Labute approximate surface area is 181 Å². The monoisotopic (exact) mass is 427 g/mol. The molecule has 0 amide bonds. The summed E-state index contributed by atoms with van der Waals surface area (Å²) in [5.74, 6) is 0.439. The van der Waals surface area contributed by atoms with Gasteiger partial charge < -0.3 is 15.5 Å². The van der Waals surface area contributed by atoms with Crippen LogP contribution in [0, 0.1) is 0 Å². The summed E-state index contributed by atoms with van der Waals surface area (Å²) < 4.78 is 2.88. The normalized spacial score (nSPS) is 20.7. The molecule has 8 heteroatoms. The molecule has 0 radical (unpaired) electrons. The fourth-order valence-electron chi connectivity index (χ4n) is 4.13. The average Bonchev–Trinajstić information content (AvgIpc) is 3.08. The highest BCUT2D eigenvalue weighted by molar-refractivity contribution is 6.49. The maximum atomic E-state index is 12.1. The standard InChI is InChI=1S/C22H27ClN6O/c1-15-14-16(19(24)18(23)21(15)30)26-20-17-8-4-5-10-28(17)27-22(20)25-9-13-29(2)11-6-3-7-12-29/h4-5,8,10,14H,3,6-7,9,11-13H2,1-2H3,(H2-,24,25,27,30)/p+1. The van der Waals surface area contributed by atoms with Crippen LogP contribution in [0.1, 0.15) is 26.2 Å². The van der Waals surface area contributed by atoms with Crippen LogP contribution in [0.2, 0.25) is 0 Å². The molecule has 0 saturated carbocycles. The number of piperidine rings is 1. The van der Waals surface area contributed by atoms with Gasteiger partial charge in [-0.3, -0.25) is 4.79 Å². The molecule has 7 nitrogen and oxygen atoms in total. The molecule has 1 aliphatic heterocycles. The second-order valence-corrected chi connectivity index (χ2v) is 8.76. The zero-order chi connectivity index (χ0) is 21.3. The number of nitrogens with two attached hydrogens (primary N) is 1. The van der Waals surface area contributed by atoms with E-state index in [1.165, 1.54) is 32.4 Å². The molecule has 0 unspecified atom stereocenters. The van der Waals surface area contributed by atoms with Crippen molar-refractivity contribution in [3.05, 3.63) is 46.8 Å². The summed E-state index contributed by atoms with van der Waals surface area (Å²) in [7, 11) is 2.33. The SMILES string of the molecule is CC1=CC(=Nc2c(NCC[N+]3(C)CCCCC3)nn3ccccc23)C(N)=C(Cl)C1=O. The van der Waals surface area contributed by atoms with E-state index in [1.54, 1.807) is 17.5 Å². The van der Waals surface area contributed by atoms with E-state index in [9.17, 15) is 4.79 Å². The van der Waals surface area contributed by atoms with Crippen molar-refractivity contribution < 1.29 is 9.28 Å². The van der Waals surface area contributed by atoms with E-state index < -0.39 is 0 Å². The molecule has 0 atom stereocenters. The first-order valence-electron chi connectivity index (χ1n) is 10.4. The molecule has 1 saturated heterocycles. The van der Waals surface area contributed by atoms with Crippen molar-refractivity contribution in [2.45, 2.75) is 26.2 Å². The highest BCUT2D eigenvalue weighted by atomic mass is 35.5. The number of anilines is 1. The number of halogens is 1. The predicted molar refractivity (Wildman–Crippen MR) is 121 cm³/mol. The van der Waals surface area contributed by atoms with E-state index in [4.69, 9.17) is 22.3 Å². The predicted octanol–water partition coefficient (Wildman–Crippen LogP) is 3.39. The molecule has 3 heterocycles. The fraction of sp³-hybridized carbons (Fsp3) is 0.409. The maximum absolute atomic E-state index is 12.1. The minimum atomic E-state index is -0.259. The number of rotatable bonds is 5. The summed E-state index contributed by atoms with van der Waals surface area (Å²) in [5.41, 5.74) is 8.84. The molecule has 3 N–H and O–H groups in total. The van der Waals surface area contributed by atoms with Gasteiger partial charge in [-0.1, -0.05) is 17.7 Å². The maximum Gasteiger partial charge on any atom is 0.202 e. The van der Waals surface area contributed by atoms with E-state index >= 15 is 0 Å².